The van der Waals surface area contributed by atoms with E-state index in [0.717, 1.165) is 0 Å². The van der Waals surface area contributed by atoms with Crippen molar-refractivity contribution in [3.05, 3.63) is 33.9 Å². The van der Waals surface area contributed by atoms with Crippen LogP contribution in [0.4, 0.5) is 5.69 Å². The zero-order valence-electron chi connectivity index (χ0n) is 9.21. The zero-order chi connectivity index (χ0) is 12.4. The highest BCUT2D eigenvalue weighted by Crippen LogP contribution is 2.28. The van der Waals surface area contributed by atoms with Crippen molar-refractivity contribution in [3.8, 4) is 5.75 Å². The van der Waals surface area contributed by atoms with Crippen LogP contribution in [0.5, 0.6) is 5.75 Å². The number of rotatable bonds is 3. The van der Waals surface area contributed by atoms with Crippen LogP contribution in [0, 0.1) is 17.0 Å². The quantitative estimate of drug-likeness (QED) is 0.453. The second-order valence-corrected chi connectivity index (χ2v) is 3.72. The van der Waals surface area contributed by atoms with Crippen LogP contribution in [0.2, 0.25) is 0 Å². The van der Waals surface area contributed by atoms with Crippen LogP contribution in [0.15, 0.2) is 18.2 Å². The molecule has 0 N–H and O–H groups in total. The van der Waals surface area contributed by atoms with Gasteiger partial charge in [0.2, 0.25) is 0 Å². The number of carbonyl (C=O) groups excluding carboxylic acids is 1. The Balaban J connectivity index is 2.24. The minimum atomic E-state index is -0.657. The average molecular weight is 237 g/mol. The summed E-state index contributed by atoms with van der Waals surface area (Å²) in [6.07, 6.45) is -0.184. The van der Waals surface area contributed by atoms with E-state index in [1.54, 1.807) is 13.0 Å². The monoisotopic (exact) mass is 237 g/mol. The first-order valence-electron chi connectivity index (χ1n) is 5.17. The predicted octanol–water partition coefficient (Wildman–Crippen LogP) is 1.60. The van der Waals surface area contributed by atoms with Gasteiger partial charge in [0.05, 0.1) is 17.1 Å². The van der Waals surface area contributed by atoms with Crippen molar-refractivity contribution in [1.82, 2.24) is 0 Å². The number of hydrogen-bond donors (Lipinski definition) is 0. The van der Waals surface area contributed by atoms with E-state index in [4.69, 9.17) is 9.47 Å². The molecule has 2 rings (SSSR count). The minimum absolute atomic E-state index is 0.0196. The fraction of sp³-hybridized carbons (Fsp3) is 0.364. The fourth-order valence-corrected chi connectivity index (χ4v) is 1.67. The third kappa shape index (κ3) is 2.20. The van der Waals surface area contributed by atoms with Crippen LogP contribution in [-0.2, 0) is 9.53 Å². The van der Waals surface area contributed by atoms with Crippen LogP contribution in [0.3, 0.4) is 0 Å². The Morgan fingerprint density at radius 2 is 2.29 bits per heavy atom. The van der Waals surface area contributed by atoms with Crippen LogP contribution in [0.1, 0.15) is 12.0 Å². The third-order valence-electron chi connectivity index (χ3n) is 2.61. The molecule has 1 aliphatic heterocycles. The van der Waals surface area contributed by atoms with E-state index in [-0.39, 0.29) is 5.69 Å². The summed E-state index contributed by atoms with van der Waals surface area (Å²) >= 11 is 0. The molecule has 0 spiro atoms. The molecule has 0 aromatic heterocycles. The van der Waals surface area contributed by atoms with Crippen LogP contribution >= 0.6 is 0 Å². The highest BCUT2D eigenvalue weighted by molar-refractivity contribution is 5.77. The second kappa shape index (κ2) is 4.40. The Kier molecular flexibility index (Phi) is 2.95. The molecule has 6 nitrogen and oxygen atoms in total. The molecule has 0 saturated carbocycles. The van der Waals surface area contributed by atoms with E-state index in [0.29, 0.717) is 24.3 Å². The van der Waals surface area contributed by atoms with E-state index in [1.807, 2.05) is 0 Å². The Labute approximate surface area is 97.3 Å². The Morgan fingerprint density at radius 1 is 1.53 bits per heavy atom. The lowest BCUT2D eigenvalue weighted by molar-refractivity contribution is -0.385. The summed E-state index contributed by atoms with van der Waals surface area (Å²) in [4.78, 5) is 21.5. The molecule has 6 heteroatoms. The maximum absolute atomic E-state index is 11.2. The summed E-state index contributed by atoms with van der Waals surface area (Å²) in [7, 11) is 0. The molecular formula is C11H11NO5. The molecule has 90 valence electrons. The summed E-state index contributed by atoms with van der Waals surface area (Å²) in [5.74, 6) is -0.0704. The number of esters is 1. The van der Waals surface area contributed by atoms with Gasteiger partial charge < -0.3 is 9.47 Å². The largest absolute Gasteiger partial charge is 0.478 e. The van der Waals surface area contributed by atoms with Crippen LogP contribution in [-0.4, -0.2) is 23.6 Å². The van der Waals surface area contributed by atoms with Gasteiger partial charge in [-0.25, -0.2) is 4.79 Å². The second-order valence-electron chi connectivity index (χ2n) is 3.72. The van der Waals surface area contributed by atoms with Gasteiger partial charge in [-0.15, -0.1) is 0 Å². The Hall–Kier alpha value is -2.11. The predicted molar refractivity (Wildman–Crippen MR) is 57.8 cm³/mol. The van der Waals surface area contributed by atoms with E-state index in [9.17, 15) is 14.9 Å². The number of benzene rings is 1. The van der Waals surface area contributed by atoms with Crippen LogP contribution in [0.25, 0.3) is 0 Å². The first-order chi connectivity index (χ1) is 8.09. The lowest BCUT2D eigenvalue weighted by atomic mass is 10.2. The van der Waals surface area contributed by atoms with Gasteiger partial charge in [-0.05, 0) is 13.0 Å². The Bertz CT molecular complexity index is 471. The minimum Gasteiger partial charge on any atom is -0.478 e. The number of carbonyl (C=O) groups is 1. The fourth-order valence-electron chi connectivity index (χ4n) is 1.67. The molecule has 1 fully saturated rings. The first-order valence-corrected chi connectivity index (χ1v) is 5.17. The molecule has 0 amide bonds. The van der Waals surface area contributed by atoms with Gasteiger partial charge in [-0.1, -0.05) is 6.07 Å². The summed E-state index contributed by atoms with van der Waals surface area (Å²) < 4.78 is 10.2. The Morgan fingerprint density at radius 3 is 2.88 bits per heavy atom. The van der Waals surface area contributed by atoms with Gasteiger partial charge in [0.25, 0.3) is 5.69 Å². The maximum Gasteiger partial charge on any atom is 0.347 e. The van der Waals surface area contributed by atoms with Gasteiger partial charge in [-0.2, -0.15) is 0 Å². The summed E-state index contributed by atoms with van der Waals surface area (Å²) in [5.41, 5.74) is 0.395. The molecule has 0 bridgehead atoms. The van der Waals surface area contributed by atoms with Gasteiger partial charge in [0.15, 0.2) is 6.10 Å². The number of cyclic esters (lactones) is 1. The first kappa shape index (κ1) is 11.4. The van der Waals surface area contributed by atoms with Crippen molar-refractivity contribution in [2.75, 3.05) is 6.61 Å². The maximum atomic E-state index is 11.2. The number of nitro benzene ring substituents is 1. The molecule has 1 saturated heterocycles. The SMILES string of the molecule is Cc1c(OC2CCOC2=O)cccc1[N+](=O)[O-]. The summed E-state index contributed by atoms with van der Waals surface area (Å²) in [6, 6.07) is 4.53. The molecule has 1 atom stereocenters. The lowest BCUT2D eigenvalue weighted by Gasteiger charge is -2.12. The molecule has 1 aromatic rings. The van der Waals surface area contributed by atoms with Crippen molar-refractivity contribution in [1.29, 1.82) is 0 Å². The number of nitro groups is 1. The van der Waals surface area contributed by atoms with E-state index >= 15 is 0 Å². The molecule has 1 aliphatic rings. The van der Waals surface area contributed by atoms with Crippen molar-refractivity contribution in [3.63, 3.8) is 0 Å². The van der Waals surface area contributed by atoms with Crippen molar-refractivity contribution < 1.29 is 19.2 Å². The topological polar surface area (TPSA) is 78.7 Å². The zero-order valence-corrected chi connectivity index (χ0v) is 9.21. The normalized spacial score (nSPS) is 18.9. The van der Waals surface area contributed by atoms with Crippen molar-refractivity contribution in [2.24, 2.45) is 0 Å². The van der Waals surface area contributed by atoms with Gasteiger partial charge in [0.1, 0.15) is 5.75 Å². The summed E-state index contributed by atoms with van der Waals surface area (Å²) in [5, 5.41) is 10.7. The molecule has 1 heterocycles. The summed E-state index contributed by atoms with van der Waals surface area (Å²) in [6.45, 7) is 1.92. The lowest BCUT2D eigenvalue weighted by Crippen LogP contribution is -2.22. The molecular weight excluding hydrogens is 226 g/mol. The number of nitrogens with zero attached hydrogens (tertiary/aromatic N) is 1. The number of hydrogen-bond acceptors (Lipinski definition) is 5. The van der Waals surface area contributed by atoms with E-state index in [1.165, 1.54) is 12.1 Å². The van der Waals surface area contributed by atoms with Crippen molar-refractivity contribution in [2.45, 2.75) is 19.4 Å². The molecule has 17 heavy (non-hydrogen) atoms. The van der Waals surface area contributed by atoms with Crippen molar-refractivity contribution >= 4 is 11.7 Å². The molecule has 0 aliphatic carbocycles. The average Bonchev–Trinajstić information content (AvgIpc) is 2.67. The van der Waals surface area contributed by atoms with Gasteiger partial charge in [-0.3, -0.25) is 10.1 Å². The smallest absolute Gasteiger partial charge is 0.347 e. The van der Waals surface area contributed by atoms with E-state index < -0.39 is 17.0 Å². The highest BCUT2D eigenvalue weighted by atomic mass is 16.6. The number of ether oxygens (including phenoxy) is 2. The van der Waals surface area contributed by atoms with Gasteiger partial charge in [0, 0.05) is 12.5 Å². The molecule has 0 radical (unpaired) electrons. The standard InChI is InChI=1S/C11H11NO5/c1-7-8(12(14)15)3-2-4-9(7)17-10-5-6-16-11(10)13/h2-4,10H,5-6H2,1H3. The van der Waals surface area contributed by atoms with Crippen LogP contribution < -0.4 is 4.74 Å². The molecule has 1 aromatic carbocycles. The molecule has 1 unspecified atom stereocenters. The third-order valence-corrected chi connectivity index (χ3v) is 2.61. The van der Waals surface area contributed by atoms with Gasteiger partial charge >= 0.3 is 5.97 Å². The van der Waals surface area contributed by atoms with E-state index in [2.05, 4.69) is 0 Å². The highest BCUT2D eigenvalue weighted by Gasteiger charge is 2.29.